The molecule has 128 valence electrons. The largest absolute Gasteiger partial charge is 0.375 e. The van der Waals surface area contributed by atoms with E-state index in [1.54, 1.807) is 11.8 Å². The van der Waals surface area contributed by atoms with Gasteiger partial charge in [0, 0.05) is 16.9 Å². The van der Waals surface area contributed by atoms with E-state index in [0.29, 0.717) is 5.56 Å². The molecule has 1 aliphatic carbocycles. The van der Waals surface area contributed by atoms with Gasteiger partial charge < -0.3 is 5.32 Å². The van der Waals surface area contributed by atoms with Gasteiger partial charge in [-0.3, -0.25) is 10.1 Å². The lowest BCUT2D eigenvalue weighted by molar-refractivity contribution is -0.385. The first-order valence-electron chi connectivity index (χ1n) is 8.14. The van der Waals surface area contributed by atoms with Gasteiger partial charge in [0.05, 0.1) is 22.2 Å². The van der Waals surface area contributed by atoms with Crippen molar-refractivity contribution in [3.05, 3.63) is 75.6 Å². The molecule has 0 saturated carbocycles. The number of nitro groups is 1. The molecule has 2 aliphatic rings. The van der Waals surface area contributed by atoms with Crippen LogP contribution in [0.3, 0.4) is 0 Å². The zero-order valence-corrected chi connectivity index (χ0v) is 14.4. The van der Waals surface area contributed by atoms with Crippen LogP contribution >= 0.6 is 11.8 Å². The molecule has 4 nitrogen and oxygen atoms in total. The molecule has 6 heteroatoms. The third-order valence-corrected chi connectivity index (χ3v) is 5.86. The SMILES string of the molecule is CSc1ccc(C2Nc3c(F)ccc([N+](=O)[O-])c3C3C=CCC32)cc1. The minimum Gasteiger partial charge on any atom is -0.375 e. The van der Waals surface area contributed by atoms with Gasteiger partial charge in [-0.1, -0.05) is 24.3 Å². The molecule has 0 spiro atoms. The highest BCUT2D eigenvalue weighted by Crippen LogP contribution is 2.53. The molecule has 1 aliphatic heterocycles. The van der Waals surface area contributed by atoms with Crippen LogP contribution in [0.25, 0.3) is 0 Å². The van der Waals surface area contributed by atoms with Crippen molar-refractivity contribution in [2.75, 3.05) is 11.6 Å². The van der Waals surface area contributed by atoms with Crippen molar-refractivity contribution < 1.29 is 9.31 Å². The Hall–Kier alpha value is -2.34. The Balaban J connectivity index is 1.82. The Morgan fingerprint density at radius 3 is 2.68 bits per heavy atom. The molecule has 3 unspecified atom stereocenters. The van der Waals surface area contributed by atoms with Gasteiger partial charge in [-0.25, -0.2) is 4.39 Å². The molecular formula is C19H17FN2O2S. The van der Waals surface area contributed by atoms with Crippen LogP contribution in [0.1, 0.15) is 29.5 Å². The first-order valence-corrected chi connectivity index (χ1v) is 9.36. The standard InChI is InChI=1S/C19H17FN2O2S/c1-25-12-7-5-11(6-8-12)18-14-4-2-3-13(14)17-16(22(23)24)10-9-15(20)19(17)21-18/h2-3,5-10,13-14,18,21H,4H2,1H3. The lowest BCUT2D eigenvalue weighted by Gasteiger charge is -2.37. The van der Waals surface area contributed by atoms with Crippen molar-refractivity contribution >= 4 is 23.1 Å². The summed E-state index contributed by atoms with van der Waals surface area (Å²) in [5.74, 6) is -0.434. The second-order valence-corrected chi connectivity index (χ2v) is 7.24. The smallest absolute Gasteiger partial charge is 0.275 e. The number of nitrogens with zero attached hydrogens (tertiary/aromatic N) is 1. The third-order valence-electron chi connectivity index (χ3n) is 5.12. The third kappa shape index (κ3) is 2.61. The van der Waals surface area contributed by atoms with Crippen LogP contribution in [0.15, 0.2) is 53.4 Å². The fourth-order valence-corrected chi connectivity index (χ4v) is 4.36. The van der Waals surface area contributed by atoms with Crippen molar-refractivity contribution in [1.29, 1.82) is 0 Å². The summed E-state index contributed by atoms with van der Waals surface area (Å²) in [6.45, 7) is 0. The number of nitrogens with one attached hydrogen (secondary N) is 1. The summed E-state index contributed by atoms with van der Waals surface area (Å²) in [6, 6.07) is 10.6. The molecule has 25 heavy (non-hydrogen) atoms. The van der Waals surface area contributed by atoms with Crippen molar-refractivity contribution in [2.24, 2.45) is 5.92 Å². The molecule has 2 aromatic carbocycles. The zero-order valence-electron chi connectivity index (χ0n) is 13.6. The van der Waals surface area contributed by atoms with E-state index in [2.05, 4.69) is 29.6 Å². The van der Waals surface area contributed by atoms with E-state index in [1.165, 1.54) is 17.0 Å². The first kappa shape index (κ1) is 16.1. The molecule has 1 heterocycles. The van der Waals surface area contributed by atoms with E-state index in [1.807, 2.05) is 18.4 Å². The van der Waals surface area contributed by atoms with Gasteiger partial charge in [0.1, 0.15) is 5.82 Å². The van der Waals surface area contributed by atoms with Crippen LogP contribution in [-0.4, -0.2) is 11.2 Å². The number of thioether (sulfide) groups is 1. The number of hydrogen-bond donors (Lipinski definition) is 1. The number of halogens is 1. The van der Waals surface area contributed by atoms with Gasteiger partial charge in [-0.15, -0.1) is 11.8 Å². The van der Waals surface area contributed by atoms with Crippen molar-refractivity contribution in [2.45, 2.75) is 23.3 Å². The van der Waals surface area contributed by atoms with Gasteiger partial charge in [-0.05, 0) is 42.4 Å². The van der Waals surface area contributed by atoms with Crippen LogP contribution < -0.4 is 5.32 Å². The Labute approximate surface area is 149 Å². The van der Waals surface area contributed by atoms with Gasteiger partial charge >= 0.3 is 0 Å². The van der Waals surface area contributed by atoms with Gasteiger partial charge in [0.2, 0.25) is 0 Å². The molecule has 0 fully saturated rings. The number of anilines is 1. The van der Waals surface area contributed by atoms with Crippen LogP contribution in [0.4, 0.5) is 15.8 Å². The second-order valence-electron chi connectivity index (χ2n) is 6.36. The highest BCUT2D eigenvalue weighted by atomic mass is 32.2. The van der Waals surface area contributed by atoms with Crippen LogP contribution in [0.5, 0.6) is 0 Å². The number of hydrogen-bond acceptors (Lipinski definition) is 4. The minimum absolute atomic E-state index is 0.0124. The van der Waals surface area contributed by atoms with Crippen molar-refractivity contribution in [3.63, 3.8) is 0 Å². The second kappa shape index (κ2) is 6.19. The predicted molar refractivity (Wildman–Crippen MR) is 97.6 cm³/mol. The van der Waals surface area contributed by atoms with E-state index in [9.17, 15) is 14.5 Å². The quantitative estimate of drug-likeness (QED) is 0.352. The summed E-state index contributed by atoms with van der Waals surface area (Å²) in [5, 5.41) is 14.7. The lowest BCUT2D eigenvalue weighted by Crippen LogP contribution is -2.30. The molecule has 0 radical (unpaired) electrons. The number of nitro benzene ring substituents is 1. The normalized spacial score (nSPS) is 23.7. The van der Waals surface area contributed by atoms with E-state index in [-0.39, 0.29) is 29.3 Å². The molecule has 4 rings (SSSR count). The average Bonchev–Trinajstić information content (AvgIpc) is 3.11. The number of allylic oxidation sites excluding steroid dienone is 2. The molecule has 1 N–H and O–H groups in total. The molecule has 0 saturated heterocycles. The topological polar surface area (TPSA) is 55.2 Å². The van der Waals surface area contributed by atoms with E-state index in [4.69, 9.17) is 0 Å². The summed E-state index contributed by atoms with van der Waals surface area (Å²) in [5.41, 5.74) is 1.80. The summed E-state index contributed by atoms with van der Waals surface area (Å²) in [4.78, 5) is 12.2. The number of benzene rings is 2. The summed E-state index contributed by atoms with van der Waals surface area (Å²) in [6.07, 6.45) is 6.87. The Morgan fingerprint density at radius 2 is 2.00 bits per heavy atom. The van der Waals surface area contributed by atoms with Gasteiger partial charge in [0.15, 0.2) is 0 Å². The van der Waals surface area contributed by atoms with Crippen molar-refractivity contribution in [1.82, 2.24) is 0 Å². The highest BCUT2D eigenvalue weighted by Gasteiger charge is 2.42. The fraction of sp³-hybridized carbons (Fsp3) is 0.263. The molecule has 2 aromatic rings. The van der Waals surface area contributed by atoms with Gasteiger partial charge in [-0.2, -0.15) is 0 Å². The lowest BCUT2D eigenvalue weighted by atomic mass is 9.76. The predicted octanol–water partition coefficient (Wildman–Crippen LogP) is 5.28. The Morgan fingerprint density at radius 1 is 1.24 bits per heavy atom. The number of rotatable bonds is 3. The summed E-state index contributed by atoms with van der Waals surface area (Å²) in [7, 11) is 0. The summed E-state index contributed by atoms with van der Waals surface area (Å²) < 4.78 is 14.5. The maximum atomic E-state index is 14.5. The van der Waals surface area contributed by atoms with Crippen LogP contribution in [0.2, 0.25) is 0 Å². The Kier molecular flexibility index (Phi) is 4.00. The highest BCUT2D eigenvalue weighted by molar-refractivity contribution is 7.98. The van der Waals surface area contributed by atoms with E-state index in [0.717, 1.165) is 12.0 Å². The molecule has 3 atom stereocenters. The molecule has 0 amide bonds. The van der Waals surface area contributed by atoms with Gasteiger partial charge in [0.25, 0.3) is 5.69 Å². The van der Waals surface area contributed by atoms with E-state index < -0.39 is 10.7 Å². The molecular weight excluding hydrogens is 339 g/mol. The van der Waals surface area contributed by atoms with E-state index >= 15 is 0 Å². The molecule has 0 aromatic heterocycles. The maximum absolute atomic E-state index is 14.5. The van der Waals surface area contributed by atoms with Crippen LogP contribution in [0, 0.1) is 21.8 Å². The minimum atomic E-state index is -0.440. The van der Waals surface area contributed by atoms with Crippen molar-refractivity contribution in [3.8, 4) is 0 Å². The summed E-state index contributed by atoms with van der Waals surface area (Å²) >= 11 is 1.67. The monoisotopic (exact) mass is 356 g/mol. The Bertz CT molecular complexity index is 866. The number of fused-ring (bicyclic) bond motifs is 3. The fourth-order valence-electron chi connectivity index (χ4n) is 3.95. The zero-order chi connectivity index (χ0) is 17.6. The first-order chi connectivity index (χ1) is 12.1. The average molecular weight is 356 g/mol. The van der Waals surface area contributed by atoms with Crippen LogP contribution in [-0.2, 0) is 0 Å². The molecule has 0 bridgehead atoms. The maximum Gasteiger partial charge on any atom is 0.275 e.